The van der Waals surface area contributed by atoms with E-state index in [9.17, 15) is 0 Å². The predicted octanol–water partition coefficient (Wildman–Crippen LogP) is 4.93. The summed E-state index contributed by atoms with van der Waals surface area (Å²) in [6.07, 6.45) is 1.77. The van der Waals surface area contributed by atoms with Crippen LogP contribution in [-0.4, -0.2) is 4.98 Å². The van der Waals surface area contributed by atoms with Crippen LogP contribution in [0.1, 0.15) is 5.56 Å². The third-order valence-corrected chi connectivity index (χ3v) is 4.96. The highest BCUT2D eigenvalue weighted by molar-refractivity contribution is 6.08. The Balaban J connectivity index is 1.92. The molecule has 3 aromatic heterocycles. The van der Waals surface area contributed by atoms with Crippen molar-refractivity contribution in [3.05, 3.63) is 72.4 Å². The molecule has 5 aromatic rings. The van der Waals surface area contributed by atoms with Gasteiger partial charge in [0.25, 0.3) is 0 Å². The first kappa shape index (κ1) is 14.2. The van der Waals surface area contributed by atoms with E-state index >= 15 is 0 Å². The lowest BCUT2D eigenvalue weighted by Gasteiger charge is -2.07. The Morgan fingerprint density at radius 2 is 1.76 bits per heavy atom. The maximum Gasteiger partial charge on any atom is 0.227 e. The van der Waals surface area contributed by atoms with Gasteiger partial charge in [-0.2, -0.15) is 4.57 Å². The SMILES string of the molecule is Cc1ccc2c(oc3ncccc32)c1-c1ccc2ccccc2[n+]1C. The van der Waals surface area contributed by atoms with Crippen LogP contribution in [0.4, 0.5) is 0 Å². The molecule has 5 rings (SSSR count). The number of pyridine rings is 2. The zero-order valence-electron chi connectivity index (χ0n) is 14.2. The minimum Gasteiger partial charge on any atom is -0.437 e. The first-order valence-electron chi connectivity index (χ1n) is 8.39. The Hall–Kier alpha value is -3.20. The number of para-hydroxylation sites is 1. The largest absolute Gasteiger partial charge is 0.437 e. The van der Waals surface area contributed by atoms with Crippen LogP contribution in [0, 0.1) is 6.92 Å². The summed E-state index contributed by atoms with van der Waals surface area (Å²) in [6.45, 7) is 2.13. The van der Waals surface area contributed by atoms with Crippen molar-refractivity contribution in [1.29, 1.82) is 0 Å². The molecule has 0 unspecified atom stereocenters. The van der Waals surface area contributed by atoms with Gasteiger partial charge in [0, 0.05) is 34.5 Å². The van der Waals surface area contributed by atoms with Gasteiger partial charge in [-0.3, -0.25) is 0 Å². The normalized spacial score (nSPS) is 11.6. The summed E-state index contributed by atoms with van der Waals surface area (Å²) in [5, 5.41) is 3.39. The van der Waals surface area contributed by atoms with Crippen molar-refractivity contribution in [3.8, 4) is 11.3 Å². The molecule has 0 saturated heterocycles. The molecule has 0 atom stereocenters. The Morgan fingerprint density at radius 3 is 2.68 bits per heavy atom. The average molecular weight is 325 g/mol. The number of benzene rings is 2. The molecule has 0 radical (unpaired) electrons. The maximum absolute atomic E-state index is 6.16. The fourth-order valence-corrected chi connectivity index (χ4v) is 3.69. The second kappa shape index (κ2) is 5.15. The van der Waals surface area contributed by atoms with Crippen molar-refractivity contribution in [1.82, 2.24) is 4.98 Å². The lowest BCUT2D eigenvalue weighted by atomic mass is 10.00. The van der Waals surface area contributed by atoms with Gasteiger partial charge in [0.05, 0.1) is 5.56 Å². The summed E-state index contributed by atoms with van der Waals surface area (Å²) in [7, 11) is 2.11. The first-order valence-corrected chi connectivity index (χ1v) is 8.39. The highest BCUT2D eigenvalue weighted by atomic mass is 16.3. The van der Waals surface area contributed by atoms with Crippen molar-refractivity contribution in [2.75, 3.05) is 0 Å². The van der Waals surface area contributed by atoms with E-state index in [1.807, 2.05) is 6.07 Å². The Bertz CT molecular complexity index is 1270. The number of aromatic nitrogens is 2. The zero-order chi connectivity index (χ0) is 17.0. The predicted molar refractivity (Wildman–Crippen MR) is 100 cm³/mol. The number of fused-ring (bicyclic) bond motifs is 4. The van der Waals surface area contributed by atoms with Crippen molar-refractivity contribution >= 4 is 33.0 Å². The zero-order valence-corrected chi connectivity index (χ0v) is 14.2. The Kier molecular flexibility index (Phi) is 2.92. The minimum absolute atomic E-state index is 0.688. The second-order valence-electron chi connectivity index (χ2n) is 6.43. The molecule has 3 nitrogen and oxygen atoms in total. The fourth-order valence-electron chi connectivity index (χ4n) is 3.69. The van der Waals surface area contributed by atoms with Crippen LogP contribution in [0.2, 0.25) is 0 Å². The summed E-state index contributed by atoms with van der Waals surface area (Å²) >= 11 is 0. The molecule has 2 aromatic carbocycles. The van der Waals surface area contributed by atoms with E-state index in [0.29, 0.717) is 5.71 Å². The molecule has 0 fully saturated rings. The monoisotopic (exact) mass is 325 g/mol. The van der Waals surface area contributed by atoms with Gasteiger partial charge in [-0.1, -0.05) is 24.3 Å². The van der Waals surface area contributed by atoms with Gasteiger partial charge in [-0.05, 0) is 36.8 Å². The quantitative estimate of drug-likeness (QED) is 0.409. The number of nitrogens with zero attached hydrogens (tertiary/aromatic N) is 2. The van der Waals surface area contributed by atoms with Crippen molar-refractivity contribution in [3.63, 3.8) is 0 Å². The molecule has 0 bridgehead atoms. The summed E-state index contributed by atoms with van der Waals surface area (Å²) < 4.78 is 8.40. The summed E-state index contributed by atoms with van der Waals surface area (Å²) in [6, 6.07) is 21.1. The van der Waals surface area contributed by atoms with E-state index in [1.165, 1.54) is 16.5 Å². The number of hydrogen-bond donors (Lipinski definition) is 0. The van der Waals surface area contributed by atoms with Crippen LogP contribution in [0.25, 0.3) is 44.2 Å². The number of rotatable bonds is 1. The average Bonchev–Trinajstić information content (AvgIpc) is 3.01. The van der Waals surface area contributed by atoms with Crippen LogP contribution in [0.5, 0.6) is 0 Å². The first-order chi connectivity index (χ1) is 12.2. The molecular weight excluding hydrogens is 308 g/mol. The molecule has 0 aliphatic heterocycles. The number of furan rings is 1. The highest BCUT2D eigenvalue weighted by Gasteiger charge is 2.21. The van der Waals surface area contributed by atoms with Crippen LogP contribution < -0.4 is 4.57 Å². The molecule has 0 spiro atoms. The van der Waals surface area contributed by atoms with Crippen LogP contribution in [0.15, 0.2) is 71.3 Å². The standard InChI is InChI=1S/C22H17N2O/c1-14-9-11-16-17-7-5-13-23-22(17)25-21(16)20(14)19-12-10-15-6-3-4-8-18(15)24(19)2/h3-13H,1-2H3/q+1. The van der Waals surface area contributed by atoms with Crippen molar-refractivity contribution < 1.29 is 8.98 Å². The van der Waals surface area contributed by atoms with Crippen molar-refractivity contribution in [2.24, 2.45) is 7.05 Å². The molecule has 0 amide bonds. The molecule has 3 heterocycles. The molecule has 0 aliphatic rings. The van der Waals surface area contributed by atoms with E-state index in [2.05, 4.69) is 78.1 Å². The van der Waals surface area contributed by atoms with Gasteiger partial charge >= 0.3 is 0 Å². The van der Waals surface area contributed by atoms with Gasteiger partial charge in [0.2, 0.25) is 16.9 Å². The van der Waals surface area contributed by atoms with Gasteiger partial charge < -0.3 is 4.42 Å². The second-order valence-corrected chi connectivity index (χ2v) is 6.43. The molecule has 0 aliphatic carbocycles. The molecular formula is C22H17N2O+. The van der Waals surface area contributed by atoms with E-state index in [0.717, 1.165) is 27.6 Å². The van der Waals surface area contributed by atoms with Gasteiger partial charge in [-0.25, -0.2) is 4.98 Å². The molecule has 0 saturated carbocycles. The van der Waals surface area contributed by atoms with E-state index in [-0.39, 0.29) is 0 Å². The lowest BCUT2D eigenvalue weighted by molar-refractivity contribution is -0.633. The number of hydrogen-bond acceptors (Lipinski definition) is 2. The smallest absolute Gasteiger partial charge is 0.227 e. The van der Waals surface area contributed by atoms with Crippen LogP contribution in [0.3, 0.4) is 0 Å². The van der Waals surface area contributed by atoms with E-state index in [1.54, 1.807) is 6.20 Å². The molecule has 3 heteroatoms. The summed E-state index contributed by atoms with van der Waals surface area (Å²) in [5.74, 6) is 0. The Labute approximate surface area is 145 Å². The Morgan fingerprint density at radius 1 is 0.880 bits per heavy atom. The van der Waals surface area contributed by atoms with Crippen LogP contribution in [-0.2, 0) is 7.05 Å². The van der Waals surface area contributed by atoms with E-state index in [4.69, 9.17) is 4.42 Å². The van der Waals surface area contributed by atoms with Crippen molar-refractivity contribution in [2.45, 2.75) is 6.92 Å². The fraction of sp³-hybridized carbons (Fsp3) is 0.0909. The van der Waals surface area contributed by atoms with E-state index < -0.39 is 0 Å². The molecule has 0 N–H and O–H groups in total. The van der Waals surface area contributed by atoms with Gasteiger partial charge in [0.1, 0.15) is 7.05 Å². The van der Waals surface area contributed by atoms with Gasteiger partial charge in [0.15, 0.2) is 5.58 Å². The topological polar surface area (TPSA) is 29.9 Å². The lowest BCUT2D eigenvalue weighted by Crippen LogP contribution is -2.32. The molecule has 25 heavy (non-hydrogen) atoms. The third-order valence-electron chi connectivity index (χ3n) is 4.96. The summed E-state index contributed by atoms with van der Waals surface area (Å²) in [5.41, 5.74) is 6.25. The van der Waals surface area contributed by atoms with Gasteiger partial charge in [-0.15, -0.1) is 0 Å². The minimum atomic E-state index is 0.688. The maximum atomic E-state index is 6.16. The number of aryl methyl sites for hydroxylation is 2. The molecule has 120 valence electrons. The third kappa shape index (κ3) is 1.99. The summed E-state index contributed by atoms with van der Waals surface area (Å²) in [4.78, 5) is 4.38. The highest BCUT2D eigenvalue weighted by Crippen LogP contribution is 2.36. The van der Waals surface area contributed by atoms with Crippen LogP contribution >= 0.6 is 0 Å².